The number of pyridine rings is 1. The van der Waals surface area contributed by atoms with Gasteiger partial charge in [0.15, 0.2) is 0 Å². The first-order chi connectivity index (χ1) is 18.4. The number of anilines is 3. The zero-order chi connectivity index (χ0) is 27.1. The summed E-state index contributed by atoms with van der Waals surface area (Å²) in [5.74, 6) is -0.631. The van der Waals surface area contributed by atoms with E-state index in [9.17, 15) is 18.8 Å². The summed E-state index contributed by atoms with van der Waals surface area (Å²) in [4.78, 5) is 38.3. The second-order valence-electron chi connectivity index (χ2n) is 8.86. The molecule has 2 amide bonds. The monoisotopic (exact) mass is 516 g/mol. The van der Waals surface area contributed by atoms with Crippen molar-refractivity contribution in [1.82, 2.24) is 4.57 Å². The molecule has 4 rings (SSSR count). The molecule has 0 fully saturated rings. The number of halogens is 1. The first-order valence-electron chi connectivity index (χ1n) is 12.3. The summed E-state index contributed by atoms with van der Waals surface area (Å²) in [7, 11) is 1.54. The van der Waals surface area contributed by atoms with Crippen LogP contribution in [0.5, 0.6) is 5.75 Å². The van der Waals surface area contributed by atoms with Crippen LogP contribution in [0.3, 0.4) is 0 Å². The molecule has 0 atom stereocenters. The number of carbonyl (C=O) groups is 2. The number of hydrogen-bond donors (Lipinski definition) is 3. The van der Waals surface area contributed by atoms with E-state index in [-0.39, 0.29) is 16.9 Å². The van der Waals surface area contributed by atoms with Crippen LogP contribution in [0.1, 0.15) is 36.0 Å². The van der Waals surface area contributed by atoms with Crippen LogP contribution in [0.2, 0.25) is 0 Å². The molecule has 0 unspecified atom stereocenters. The standard InChI is InChI=1S/C29H29FN4O4/c1-38-21-13-11-20(12-14-21)32-29(37)23-18-34(26-15-10-19(30)17-22(26)28(23)36)16-6-2-3-9-27(35)33-25-8-5-4-7-24(25)31/h4-5,7-8,10-15,17-18H,2-3,6,9,16,31H2,1H3,(H,32,37)(H,33,35). The van der Waals surface area contributed by atoms with E-state index in [0.29, 0.717) is 54.1 Å². The Bertz CT molecular complexity index is 1520. The van der Waals surface area contributed by atoms with Crippen LogP contribution in [-0.2, 0) is 11.3 Å². The van der Waals surface area contributed by atoms with E-state index in [0.717, 1.165) is 12.5 Å². The Morgan fingerprint density at radius 2 is 1.74 bits per heavy atom. The Hall–Kier alpha value is -4.66. The van der Waals surface area contributed by atoms with Gasteiger partial charge in [0, 0.05) is 30.2 Å². The Balaban J connectivity index is 1.43. The van der Waals surface area contributed by atoms with E-state index in [4.69, 9.17) is 10.5 Å². The Labute approximate surface area is 219 Å². The van der Waals surface area contributed by atoms with Gasteiger partial charge in [0.25, 0.3) is 5.91 Å². The molecule has 1 heterocycles. The van der Waals surface area contributed by atoms with Crippen molar-refractivity contribution < 1.29 is 18.7 Å². The number of nitrogens with zero attached hydrogens (tertiary/aromatic N) is 1. The lowest BCUT2D eigenvalue weighted by molar-refractivity contribution is -0.116. The van der Waals surface area contributed by atoms with Crippen molar-refractivity contribution in [3.05, 3.63) is 94.5 Å². The van der Waals surface area contributed by atoms with Crippen molar-refractivity contribution in [2.75, 3.05) is 23.5 Å². The van der Waals surface area contributed by atoms with Crippen LogP contribution in [0, 0.1) is 5.82 Å². The summed E-state index contributed by atoms with van der Waals surface area (Å²) in [5.41, 5.74) is 7.37. The molecule has 0 radical (unpaired) electrons. The van der Waals surface area contributed by atoms with E-state index < -0.39 is 17.2 Å². The van der Waals surface area contributed by atoms with Crippen molar-refractivity contribution in [3.8, 4) is 5.75 Å². The summed E-state index contributed by atoms with van der Waals surface area (Å²) < 4.78 is 20.9. The maximum Gasteiger partial charge on any atom is 0.261 e. The van der Waals surface area contributed by atoms with Gasteiger partial charge in [-0.2, -0.15) is 0 Å². The number of aromatic nitrogens is 1. The number of aryl methyl sites for hydroxylation is 1. The minimum Gasteiger partial charge on any atom is -0.497 e. The zero-order valence-electron chi connectivity index (χ0n) is 21.0. The molecule has 196 valence electrons. The van der Waals surface area contributed by atoms with Crippen LogP contribution in [0.15, 0.2) is 77.7 Å². The van der Waals surface area contributed by atoms with Crippen LogP contribution >= 0.6 is 0 Å². The van der Waals surface area contributed by atoms with Gasteiger partial charge in [0.1, 0.15) is 17.1 Å². The average molecular weight is 517 g/mol. The Morgan fingerprint density at radius 1 is 0.974 bits per heavy atom. The summed E-state index contributed by atoms with van der Waals surface area (Å²) in [5, 5.41) is 5.66. The minimum absolute atomic E-state index is 0.0845. The van der Waals surface area contributed by atoms with Gasteiger partial charge in [0.05, 0.1) is 24.0 Å². The number of nitrogen functional groups attached to an aromatic ring is 1. The Kier molecular flexibility index (Phi) is 8.37. The van der Waals surface area contributed by atoms with Crippen LogP contribution in [0.25, 0.3) is 10.9 Å². The highest BCUT2D eigenvalue weighted by atomic mass is 19.1. The van der Waals surface area contributed by atoms with Gasteiger partial charge in [-0.1, -0.05) is 18.6 Å². The van der Waals surface area contributed by atoms with E-state index in [1.807, 2.05) is 0 Å². The molecule has 0 saturated heterocycles. The average Bonchev–Trinajstić information content (AvgIpc) is 2.91. The molecular formula is C29H29FN4O4. The molecule has 0 aliphatic heterocycles. The molecule has 3 aromatic carbocycles. The molecule has 38 heavy (non-hydrogen) atoms. The number of ether oxygens (including phenoxy) is 1. The van der Waals surface area contributed by atoms with Crippen molar-refractivity contribution in [3.63, 3.8) is 0 Å². The van der Waals surface area contributed by atoms with Gasteiger partial charge in [-0.25, -0.2) is 4.39 Å². The predicted molar refractivity (Wildman–Crippen MR) is 147 cm³/mol. The number of rotatable bonds is 10. The van der Waals surface area contributed by atoms with Crippen molar-refractivity contribution in [2.24, 2.45) is 0 Å². The number of amides is 2. The normalized spacial score (nSPS) is 10.8. The maximum absolute atomic E-state index is 14.0. The van der Waals surface area contributed by atoms with E-state index >= 15 is 0 Å². The highest BCUT2D eigenvalue weighted by Gasteiger charge is 2.16. The molecule has 8 nitrogen and oxygen atoms in total. The van der Waals surface area contributed by atoms with Crippen molar-refractivity contribution >= 4 is 39.8 Å². The first-order valence-corrected chi connectivity index (χ1v) is 12.3. The van der Waals surface area contributed by atoms with Crippen LogP contribution in [0.4, 0.5) is 21.5 Å². The fraction of sp³-hybridized carbons (Fsp3) is 0.207. The Morgan fingerprint density at radius 3 is 2.47 bits per heavy atom. The molecule has 0 bridgehead atoms. The molecule has 0 spiro atoms. The van der Waals surface area contributed by atoms with Gasteiger partial charge in [-0.3, -0.25) is 14.4 Å². The summed E-state index contributed by atoms with van der Waals surface area (Å²) in [6.07, 6.45) is 3.91. The lowest BCUT2D eigenvalue weighted by Crippen LogP contribution is -2.24. The summed E-state index contributed by atoms with van der Waals surface area (Å²) >= 11 is 0. The first kappa shape index (κ1) is 26.4. The number of methoxy groups -OCH3 is 1. The predicted octanol–water partition coefficient (Wildman–Crippen LogP) is 5.18. The third-order valence-electron chi connectivity index (χ3n) is 6.17. The van der Waals surface area contributed by atoms with Gasteiger partial charge in [-0.15, -0.1) is 0 Å². The van der Waals surface area contributed by atoms with Gasteiger partial charge < -0.3 is 25.7 Å². The summed E-state index contributed by atoms with van der Waals surface area (Å²) in [6.45, 7) is 0.485. The number of fused-ring (bicyclic) bond motifs is 1. The number of carbonyl (C=O) groups excluding carboxylic acids is 2. The largest absolute Gasteiger partial charge is 0.497 e. The molecule has 0 saturated carbocycles. The molecular weight excluding hydrogens is 487 g/mol. The van der Waals surface area contributed by atoms with Gasteiger partial charge in [-0.05, 0) is 67.4 Å². The highest BCUT2D eigenvalue weighted by Crippen LogP contribution is 2.19. The second-order valence-corrected chi connectivity index (χ2v) is 8.86. The molecule has 0 aliphatic rings. The SMILES string of the molecule is COc1ccc(NC(=O)c2cn(CCCCCC(=O)Nc3ccccc3N)c3ccc(F)cc3c2=O)cc1. The van der Waals surface area contributed by atoms with Crippen molar-refractivity contribution in [2.45, 2.75) is 32.2 Å². The highest BCUT2D eigenvalue weighted by molar-refractivity contribution is 6.05. The number of benzene rings is 3. The fourth-order valence-electron chi connectivity index (χ4n) is 4.16. The number of nitrogens with two attached hydrogens (primary N) is 1. The van der Waals surface area contributed by atoms with Gasteiger partial charge >= 0.3 is 0 Å². The molecule has 9 heteroatoms. The minimum atomic E-state index is -0.586. The quantitative estimate of drug-likeness (QED) is 0.198. The molecule has 1 aromatic heterocycles. The van der Waals surface area contributed by atoms with Crippen LogP contribution < -0.4 is 26.5 Å². The van der Waals surface area contributed by atoms with E-state index in [2.05, 4.69) is 10.6 Å². The fourth-order valence-corrected chi connectivity index (χ4v) is 4.16. The third-order valence-corrected chi connectivity index (χ3v) is 6.17. The van der Waals surface area contributed by atoms with Crippen LogP contribution in [-0.4, -0.2) is 23.5 Å². The third kappa shape index (κ3) is 6.36. The number of para-hydroxylation sites is 2. The van der Waals surface area contributed by atoms with E-state index in [1.54, 1.807) is 60.2 Å². The van der Waals surface area contributed by atoms with Gasteiger partial charge in [0.2, 0.25) is 11.3 Å². The molecule has 0 aliphatic carbocycles. The lowest BCUT2D eigenvalue weighted by atomic mass is 10.1. The topological polar surface area (TPSA) is 115 Å². The maximum atomic E-state index is 14.0. The number of hydrogen-bond acceptors (Lipinski definition) is 5. The number of unbranched alkanes of at least 4 members (excludes halogenated alkanes) is 2. The molecule has 4 aromatic rings. The smallest absolute Gasteiger partial charge is 0.261 e. The second kappa shape index (κ2) is 12.1. The number of nitrogens with one attached hydrogen (secondary N) is 2. The zero-order valence-corrected chi connectivity index (χ0v) is 21.0. The van der Waals surface area contributed by atoms with E-state index in [1.165, 1.54) is 18.3 Å². The lowest BCUT2D eigenvalue weighted by Gasteiger charge is -2.14. The van der Waals surface area contributed by atoms with Crippen molar-refractivity contribution in [1.29, 1.82) is 0 Å². The summed E-state index contributed by atoms with van der Waals surface area (Å²) in [6, 6.07) is 17.8. The molecule has 4 N–H and O–H groups in total.